The smallest absolute Gasteiger partial charge is 0.410 e. The van der Waals surface area contributed by atoms with E-state index in [9.17, 15) is 9.59 Å². The number of benzene rings is 1. The van der Waals surface area contributed by atoms with Crippen molar-refractivity contribution < 1.29 is 14.3 Å². The molecular formula is C23H26N4O3. The van der Waals surface area contributed by atoms with E-state index < -0.39 is 5.60 Å². The van der Waals surface area contributed by atoms with E-state index >= 15 is 0 Å². The lowest BCUT2D eigenvalue weighted by Crippen LogP contribution is -2.43. The standard InChI is InChI=1S/C23H26N4O3/c1-23(2,3)30-22(29)26-13-9-16(10-14-26)20(28)19-15-17-7-4-5-8-18(17)27(19)21-24-11-6-12-25-21/h4-8,11-12,15-16H,9-10,13-14H2,1-3H3. The first-order chi connectivity index (χ1) is 14.3. The number of fused-ring (bicyclic) bond motifs is 1. The van der Waals surface area contributed by atoms with Gasteiger partial charge in [0.1, 0.15) is 5.60 Å². The van der Waals surface area contributed by atoms with Crippen LogP contribution in [0.4, 0.5) is 4.79 Å². The molecule has 7 nitrogen and oxygen atoms in total. The van der Waals surface area contributed by atoms with Crippen LogP contribution in [0.15, 0.2) is 48.8 Å². The van der Waals surface area contributed by atoms with Gasteiger partial charge >= 0.3 is 6.09 Å². The van der Waals surface area contributed by atoms with Crippen LogP contribution < -0.4 is 0 Å². The average molecular weight is 406 g/mol. The van der Waals surface area contributed by atoms with E-state index in [1.165, 1.54) is 0 Å². The molecule has 1 saturated heterocycles. The van der Waals surface area contributed by atoms with Crippen LogP contribution in [-0.4, -0.2) is 50.0 Å². The summed E-state index contributed by atoms with van der Waals surface area (Å²) in [5, 5.41) is 0.972. The van der Waals surface area contributed by atoms with E-state index in [1.54, 1.807) is 23.4 Å². The molecule has 1 aliphatic heterocycles. The van der Waals surface area contributed by atoms with Crippen LogP contribution in [0.3, 0.4) is 0 Å². The maximum atomic E-state index is 13.5. The molecule has 0 N–H and O–H groups in total. The normalized spacial score (nSPS) is 15.4. The summed E-state index contributed by atoms with van der Waals surface area (Å²) < 4.78 is 7.29. The van der Waals surface area contributed by atoms with Crippen LogP contribution >= 0.6 is 0 Å². The van der Waals surface area contributed by atoms with Crippen molar-refractivity contribution in [2.75, 3.05) is 13.1 Å². The number of piperidine rings is 1. The lowest BCUT2D eigenvalue weighted by Gasteiger charge is -2.33. The summed E-state index contributed by atoms with van der Waals surface area (Å²) in [5.74, 6) is 0.381. The molecule has 0 aliphatic carbocycles. The van der Waals surface area contributed by atoms with Gasteiger partial charge in [-0.3, -0.25) is 9.36 Å². The van der Waals surface area contributed by atoms with E-state index in [2.05, 4.69) is 9.97 Å². The van der Waals surface area contributed by atoms with Crippen molar-refractivity contribution in [3.8, 4) is 5.95 Å². The minimum absolute atomic E-state index is 0.0579. The fraction of sp³-hybridized carbons (Fsp3) is 0.391. The zero-order chi connectivity index (χ0) is 21.3. The Balaban J connectivity index is 1.57. The largest absolute Gasteiger partial charge is 0.444 e. The molecule has 30 heavy (non-hydrogen) atoms. The zero-order valence-electron chi connectivity index (χ0n) is 17.5. The molecule has 0 saturated carbocycles. The van der Waals surface area contributed by atoms with Crippen molar-refractivity contribution in [2.45, 2.75) is 39.2 Å². The summed E-state index contributed by atoms with van der Waals surface area (Å²) in [4.78, 5) is 36.2. The molecule has 0 atom stereocenters. The average Bonchev–Trinajstić information content (AvgIpc) is 3.12. The monoisotopic (exact) mass is 406 g/mol. The first-order valence-electron chi connectivity index (χ1n) is 10.2. The van der Waals surface area contributed by atoms with E-state index in [4.69, 9.17) is 4.74 Å². The molecule has 1 fully saturated rings. The first-order valence-corrected chi connectivity index (χ1v) is 10.2. The third kappa shape index (κ3) is 4.06. The quantitative estimate of drug-likeness (QED) is 0.608. The number of aromatic nitrogens is 3. The summed E-state index contributed by atoms with van der Waals surface area (Å²) in [5.41, 5.74) is 0.955. The molecule has 0 unspecified atom stereocenters. The number of Topliss-reactive ketones (excluding diaryl/α,β-unsaturated/α-hetero) is 1. The number of carbonyl (C=O) groups excluding carboxylic acids is 2. The molecule has 1 aromatic carbocycles. The fourth-order valence-electron chi connectivity index (χ4n) is 3.82. The summed E-state index contributed by atoms with van der Waals surface area (Å²) in [6.45, 7) is 6.57. The zero-order valence-corrected chi connectivity index (χ0v) is 17.5. The maximum Gasteiger partial charge on any atom is 0.410 e. The van der Waals surface area contributed by atoms with Crippen LogP contribution in [0.25, 0.3) is 16.9 Å². The van der Waals surface area contributed by atoms with Gasteiger partial charge in [0.05, 0.1) is 11.2 Å². The third-order valence-corrected chi connectivity index (χ3v) is 5.23. The van der Waals surface area contributed by atoms with Crippen molar-refractivity contribution in [1.82, 2.24) is 19.4 Å². The van der Waals surface area contributed by atoms with Crippen LogP contribution in [0.2, 0.25) is 0 Å². The van der Waals surface area contributed by atoms with Gasteiger partial charge in [0, 0.05) is 36.8 Å². The Morgan fingerprint density at radius 3 is 2.37 bits per heavy atom. The molecule has 1 aliphatic rings. The van der Waals surface area contributed by atoms with E-state index in [0.717, 1.165) is 10.9 Å². The van der Waals surface area contributed by atoms with Crippen molar-refractivity contribution in [2.24, 2.45) is 5.92 Å². The number of ketones is 1. The lowest BCUT2D eigenvalue weighted by molar-refractivity contribution is 0.0182. The van der Waals surface area contributed by atoms with Gasteiger partial charge in [-0.2, -0.15) is 0 Å². The van der Waals surface area contributed by atoms with Gasteiger partial charge in [0.2, 0.25) is 5.95 Å². The number of hydrogen-bond acceptors (Lipinski definition) is 5. The number of rotatable bonds is 3. The van der Waals surface area contributed by atoms with Crippen molar-refractivity contribution in [3.63, 3.8) is 0 Å². The Morgan fingerprint density at radius 1 is 1.03 bits per heavy atom. The van der Waals surface area contributed by atoms with Gasteiger partial charge in [0.25, 0.3) is 0 Å². The molecule has 1 amide bonds. The minimum Gasteiger partial charge on any atom is -0.444 e. The highest BCUT2D eigenvalue weighted by molar-refractivity contribution is 6.02. The van der Waals surface area contributed by atoms with Gasteiger partial charge in [-0.25, -0.2) is 14.8 Å². The first kappa shape index (κ1) is 20.1. The number of ether oxygens (including phenoxy) is 1. The third-order valence-electron chi connectivity index (χ3n) is 5.23. The molecule has 0 bridgehead atoms. The van der Waals surface area contributed by atoms with Crippen molar-refractivity contribution in [3.05, 3.63) is 54.5 Å². The van der Waals surface area contributed by atoms with Crippen LogP contribution in [0, 0.1) is 5.92 Å². The number of likely N-dealkylation sites (tertiary alicyclic amines) is 1. The second kappa shape index (κ2) is 7.89. The predicted octanol–water partition coefficient (Wildman–Crippen LogP) is 4.25. The Hall–Kier alpha value is -3.22. The maximum absolute atomic E-state index is 13.5. The van der Waals surface area contributed by atoms with Gasteiger partial charge in [0.15, 0.2) is 5.78 Å². The SMILES string of the molecule is CC(C)(C)OC(=O)N1CCC(C(=O)c2cc3ccccc3n2-c2ncccn2)CC1. The second-order valence-electron chi connectivity index (χ2n) is 8.58. The number of para-hydroxylation sites is 1. The van der Waals surface area contributed by atoms with Crippen molar-refractivity contribution in [1.29, 1.82) is 0 Å². The lowest BCUT2D eigenvalue weighted by atomic mass is 9.91. The number of hydrogen-bond donors (Lipinski definition) is 0. The summed E-state index contributed by atoms with van der Waals surface area (Å²) in [7, 11) is 0. The Morgan fingerprint density at radius 2 is 1.70 bits per heavy atom. The highest BCUT2D eigenvalue weighted by Gasteiger charge is 2.32. The summed E-state index contributed by atoms with van der Waals surface area (Å²) in [6.07, 6.45) is 4.24. The molecule has 156 valence electrons. The topological polar surface area (TPSA) is 77.3 Å². The van der Waals surface area contributed by atoms with Gasteiger partial charge < -0.3 is 9.64 Å². The van der Waals surface area contributed by atoms with Gasteiger partial charge in [-0.05, 0) is 51.8 Å². The van der Waals surface area contributed by atoms with E-state index in [0.29, 0.717) is 37.6 Å². The highest BCUT2D eigenvalue weighted by atomic mass is 16.6. The van der Waals surface area contributed by atoms with Crippen LogP contribution in [0.1, 0.15) is 44.1 Å². The molecule has 7 heteroatoms. The van der Waals surface area contributed by atoms with Gasteiger partial charge in [-0.1, -0.05) is 18.2 Å². The van der Waals surface area contributed by atoms with Crippen molar-refractivity contribution >= 4 is 22.8 Å². The highest BCUT2D eigenvalue weighted by Crippen LogP contribution is 2.28. The molecular weight excluding hydrogens is 380 g/mol. The molecule has 3 aromatic rings. The molecule has 4 rings (SSSR count). The molecule has 2 aromatic heterocycles. The van der Waals surface area contributed by atoms with E-state index in [-0.39, 0.29) is 17.8 Å². The van der Waals surface area contributed by atoms with Crippen LogP contribution in [0.5, 0.6) is 0 Å². The number of amides is 1. The number of nitrogens with zero attached hydrogens (tertiary/aromatic N) is 4. The van der Waals surface area contributed by atoms with Gasteiger partial charge in [-0.15, -0.1) is 0 Å². The Labute approximate surface area is 175 Å². The van der Waals surface area contributed by atoms with Crippen LogP contribution in [-0.2, 0) is 4.74 Å². The fourth-order valence-corrected chi connectivity index (χ4v) is 3.82. The predicted molar refractivity (Wildman–Crippen MR) is 114 cm³/mol. The minimum atomic E-state index is -0.527. The number of carbonyl (C=O) groups is 2. The van der Waals surface area contributed by atoms with E-state index in [1.807, 2.05) is 55.7 Å². The Bertz CT molecular complexity index is 1060. The summed E-state index contributed by atoms with van der Waals surface area (Å²) in [6, 6.07) is 11.5. The molecule has 0 radical (unpaired) electrons. The Kier molecular flexibility index (Phi) is 5.28. The summed E-state index contributed by atoms with van der Waals surface area (Å²) >= 11 is 0. The molecule has 3 heterocycles. The second-order valence-corrected chi connectivity index (χ2v) is 8.58. The molecule has 0 spiro atoms.